The molecule has 5 heteroatoms. The number of likely N-dealkylation sites (tertiary alicyclic amines) is 1. The molecule has 0 atom stereocenters. The molecule has 21 heavy (non-hydrogen) atoms. The first kappa shape index (κ1) is 15.7. The Kier molecular flexibility index (Phi) is 5.47. The van der Waals surface area contributed by atoms with Gasteiger partial charge < -0.3 is 14.9 Å². The second-order valence-corrected chi connectivity index (χ2v) is 5.54. The number of aliphatic hydroxyl groups excluding tert-OH is 1. The highest BCUT2D eigenvalue weighted by Gasteiger charge is 2.18. The normalized spacial score (nSPS) is 16.7. The maximum atomic E-state index is 12.2. The lowest BCUT2D eigenvalue weighted by Crippen LogP contribution is -2.41. The monoisotopic (exact) mass is 290 g/mol. The fourth-order valence-corrected chi connectivity index (χ4v) is 2.46. The number of aldehydes is 1. The Morgan fingerprint density at radius 2 is 1.95 bits per heavy atom. The lowest BCUT2D eigenvalue weighted by Gasteiger charge is -2.30. The molecule has 0 spiro atoms. The summed E-state index contributed by atoms with van der Waals surface area (Å²) in [5, 5.41) is 9.47. The lowest BCUT2D eigenvalue weighted by atomic mass is 10.1. The summed E-state index contributed by atoms with van der Waals surface area (Å²) in [6, 6.07) is 6.67. The van der Waals surface area contributed by atoms with Gasteiger partial charge in [-0.3, -0.25) is 9.59 Å². The third-order valence-electron chi connectivity index (χ3n) is 3.95. The van der Waals surface area contributed by atoms with Crippen LogP contribution in [-0.4, -0.2) is 66.4 Å². The lowest BCUT2D eigenvalue weighted by molar-refractivity contribution is 0.0676. The van der Waals surface area contributed by atoms with Crippen LogP contribution in [0.3, 0.4) is 0 Å². The van der Waals surface area contributed by atoms with Gasteiger partial charge in [-0.25, -0.2) is 0 Å². The standard InChI is InChI=1S/C16H22N2O3/c1-17(10-11-18-8-6-15(20)7-9-18)16(21)14-4-2-13(12-19)3-5-14/h2-5,12,15,20H,6-11H2,1H3. The summed E-state index contributed by atoms with van der Waals surface area (Å²) < 4.78 is 0. The van der Waals surface area contributed by atoms with Crippen molar-refractivity contribution in [1.29, 1.82) is 0 Å². The largest absolute Gasteiger partial charge is 0.393 e. The summed E-state index contributed by atoms with van der Waals surface area (Å²) in [6.07, 6.45) is 2.22. The molecule has 0 saturated carbocycles. The van der Waals surface area contributed by atoms with E-state index in [0.29, 0.717) is 17.7 Å². The molecule has 1 aromatic rings. The van der Waals surface area contributed by atoms with Gasteiger partial charge in [0, 0.05) is 44.4 Å². The van der Waals surface area contributed by atoms with Gasteiger partial charge in [0.2, 0.25) is 0 Å². The molecule has 1 saturated heterocycles. The summed E-state index contributed by atoms with van der Waals surface area (Å²) in [6.45, 7) is 3.25. The SMILES string of the molecule is CN(CCN1CCC(O)CC1)C(=O)c1ccc(C=O)cc1. The molecule has 114 valence electrons. The van der Waals surface area contributed by atoms with Crippen molar-refractivity contribution in [2.24, 2.45) is 0 Å². The van der Waals surface area contributed by atoms with Gasteiger partial charge in [0.25, 0.3) is 5.91 Å². The van der Waals surface area contributed by atoms with Gasteiger partial charge in [0.1, 0.15) is 6.29 Å². The van der Waals surface area contributed by atoms with Crippen molar-refractivity contribution in [2.45, 2.75) is 18.9 Å². The van der Waals surface area contributed by atoms with Crippen molar-refractivity contribution in [2.75, 3.05) is 33.2 Å². The molecule has 1 amide bonds. The molecular formula is C16H22N2O3. The molecule has 0 aromatic heterocycles. The van der Waals surface area contributed by atoms with E-state index < -0.39 is 0 Å². The van der Waals surface area contributed by atoms with E-state index in [1.54, 1.807) is 36.2 Å². The fraction of sp³-hybridized carbons (Fsp3) is 0.500. The Morgan fingerprint density at radius 1 is 1.33 bits per heavy atom. The van der Waals surface area contributed by atoms with Crippen molar-refractivity contribution >= 4 is 12.2 Å². The first-order valence-corrected chi connectivity index (χ1v) is 7.31. The molecule has 1 aliphatic rings. The summed E-state index contributed by atoms with van der Waals surface area (Å²) in [7, 11) is 1.79. The van der Waals surface area contributed by atoms with E-state index in [1.807, 2.05) is 0 Å². The van der Waals surface area contributed by atoms with E-state index >= 15 is 0 Å². The zero-order valence-electron chi connectivity index (χ0n) is 12.4. The number of amides is 1. The van der Waals surface area contributed by atoms with E-state index in [0.717, 1.165) is 38.8 Å². The molecule has 1 aromatic carbocycles. The van der Waals surface area contributed by atoms with Crippen LogP contribution in [0.5, 0.6) is 0 Å². The maximum Gasteiger partial charge on any atom is 0.253 e. The number of carbonyl (C=O) groups is 2. The molecule has 1 heterocycles. The van der Waals surface area contributed by atoms with Crippen LogP contribution in [0.25, 0.3) is 0 Å². The predicted octanol–water partition coefficient (Wildman–Crippen LogP) is 1.03. The zero-order valence-corrected chi connectivity index (χ0v) is 12.4. The average molecular weight is 290 g/mol. The molecule has 0 radical (unpaired) electrons. The average Bonchev–Trinajstić information content (AvgIpc) is 2.53. The number of benzene rings is 1. The topological polar surface area (TPSA) is 60.9 Å². The van der Waals surface area contributed by atoms with E-state index in [1.165, 1.54) is 0 Å². The van der Waals surface area contributed by atoms with Gasteiger partial charge in [-0.05, 0) is 25.0 Å². The third-order valence-corrected chi connectivity index (χ3v) is 3.95. The zero-order chi connectivity index (χ0) is 15.2. The number of carbonyl (C=O) groups excluding carboxylic acids is 2. The molecule has 1 aliphatic heterocycles. The van der Waals surface area contributed by atoms with Crippen molar-refractivity contribution in [3.05, 3.63) is 35.4 Å². The van der Waals surface area contributed by atoms with Crippen molar-refractivity contribution < 1.29 is 14.7 Å². The smallest absolute Gasteiger partial charge is 0.253 e. The number of piperidine rings is 1. The predicted molar refractivity (Wildman–Crippen MR) is 80.5 cm³/mol. The molecule has 2 rings (SSSR count). The van der Waals surface area contributed by atoms with Gasteiger partial charge >= 0.3 is 0 Å². The Bertz CT molecular complexity index is 479. The summed E-state index contributed by atoms with van der Waals surface area (Å²) in [4.78, 5) is 26.8. The van der Waals surface area contributed by atoms with Crippen LogP contribution < -0.4 is 0 Å². The van der Waals surface area contributed by atoms with Crippen LogP contribution in [0.4, 0.5) is 0 Å². The minimum absolute atomic E-state index is 0.0375. The van der Waals surface area contributed by atoms with Crippen LogP contribution in [-0.2, 0) is 0 Å². The van der Waals surface area contributed by atoms with E-state index in [2.05, 4.69) is 4.90 Å². The van der Waals surface area contributed by atoms with Gasteiger partial charge in [-0.2, -0.15) is 0 Å². The van der Waals surface area contributed by atoms with Crippen molar-refractivity contribution in [3.8, 4) is 0 Å². The van der Waals surface area contributed by atoms with E-state index in [4.69, 9.17) is 0 Å². The first-order chi connectivity index (χ1) is 10.1. The van der Waals surface area contributed by atoms with Crippen LogP contribution in [0.2, 0.25) is 0 Å². The number of hydrogen-bond donors (Lipinski definition) is 1. The van der Waals surface area contributed by atoms with Crippen LogP contribution in [0, 0.1) is 0 Å². The Morgan fingerprint density at radius 3 is 2.52 bits per heavy atom. The van der Waals surface area contributed by atoms with E-state index in [9.17, 15) is 14.7 Å². The highest BCUT2D eigenvalue weighted by molar-refractivity contribution is 5.94. The Labute approximate surface area is 125 Å². The minimum atomic E-state index is -0.169. The van der Waals surface area contributed by atoms with Crippen LogP contribution in [0.15, 0.2) is 24.3 Å². The Balaban J connectivity index is 1.83. The highest BCUT2D eigenvalue weighted by Crippen LogP contribution is 2.10. The summed E-state index contributed by atoms with van der Waals surface area (Å²) in [5.74, 6) is -0.0375. The van der Waals surface area contributed by atoms with Crippen LogP contribution in [0.1, 0.15) is 33.6 Å². The molecule has 5 nitrogen and oxygen atoms in total. The molecule has 0 unspecified atom stereocenters. The number of nitrogens with zero attached hydrogens (tertiary/aromatic N) is 2. The molecular weight excluding hydrogens is 268 g/mol. The van der Waals surface area contributed by atoms with Crippen LogP contribution >= 0.6 is 0 Å². The third kappa shape index (κ3) is 4.37. The Hall–Kier alpha value is -1.72. The second-order valence-electron chi connectivity index (χ2n) is 5.54. The molecule has 1 N–H and O–H groups in total. The summed E-state index contributed by atoms with van der Waals surface area (Å²) >= 11 is 0. The quantitative estimate of drug-likeness (QED) is 0.823. The molecule has 1 fully saturated rings. The molecule has 0 bridgehead atoms. The number of hydrogen-bond acceptors (Lipinski definition) is 4. The minimum Gasteiger partial charge on any atom is -0.393 e. The second kappa shape index (κ2) is 7.33. The van der Waals surface area contributed by atoms with Gasteiger partial charge in [0.15, 0.2) is 0 Å². The van der Waals surface area contributed by atoms with Crippen molar-refractivity contribution in [3.63, 3.8) is 0 Å². The van der Waals surface area contributed by atoms with Gasteiger partial charge in [-0.1, -0.05) is 12.1 Å². The number of aliphatic hydroxyl groups is 1. The fourth-order valence-electron chi connectivity index (χ4n) is 2.46. The van der Waals surface area contributed by atoms with E-state index in [-0.39, 0.29) is 12.0 Å². The highest BCUT2D eigenvalue weighted by atomic mass is 16.3. The number of likely N-dealkylation sites (N-methyl/N-ethyl adjacent to an activating group) is 1. The van der Waals surface area contributed by atoms with Gasteiger partial charge in [0.05, 0.1) is 6.10 Å². The maximum absolute atomic E-state index is 12.2. The van der Waals surface area contributed by atoms with Gasteiger partial charge in [-0.15, -0.1) is 0 Å². The van der Waals surface area contributed by atoms with Crippen molar-refractivity contribution in [1.82, 2.24) is 9.80 Å². The molecule has 0 aliphatic carbocycles. The first-order valence-electron chi connectivity index (χ1n) is 7.31. The number of rotatable bonds is 5. The summed E-state index contributed by atoms with van der Waals surface area (Å²) in [5.41, 5.74) is 1.17.